The van der Waals surface area contributed by atoms with Crippen molar-refractivity contribution < 1.29 is 8.81 Å². The molecule has 0 radical (unpaired) electrons. The average molecular weight is 460 g/mol. The molecule has 34 heavy (non-hydrogen) atoms. The second-order valence-electron chi connectivity index (χ2n) is 8.05. The van der Waals surface area contributed by atoms with Crippen LogP contribution >= 0.6 is 0 Å². The molecule has 0 aliphatic heterocycles. The van der Waals surface area contributed by atoms with Crippen molar-refractivity contribution in [2.75, 3.05) is 17.7 Å². The average Bonchev–Trinajstić information content (AvgIpc) is 2.83. The van der Waals surface area contributed by atoms with Crippen LogP contribution in [0.2, 0.25) is 0 Å². The van der Waals surface area contributed by atoms with Crippen molar-refractivity contribution in [3.8, 4) is 11.1 Å². The third-order valence-corrected chi connectivity index (χ3v) is 5.69. The topological polar surface area (TPSA) is 104 Å². The summed E-state index contributed by atoms with van der Waals surface area (Å²) in [5, 5.41) is 14.6. The van der Waals surface area contributed by atoms with Gasteiger partial charge in [-0.3, -0.25) is 4.79 Å². The van der Waals surface area contributed by atoms with E-state index in [0.717, 1.165) is 5.56 Å². The van der Waals surface area contributed by atoms with E-state index < -0.39 is 17.3 Å². The minimum absolute atomic E-state index is 0.0806. The number of hydrogen-bond donors (Lipinski definition) is 3. The molecule has 2 aromatic carbocycles. The molecule has 0 fully saturated rings. The van der Waals surface area contributed by atoms with Gasteiger partial charge in [-0.05, 0) is 38.0 Å². The van der Waals surface area contributed by atoms with E-state index in [1.165, 1.54) is 18.5 Å². The summed E-state index contributed by atoms with van der Waals surface area (Å²) in [6.45, 7) is 5.65. The van der Waals surface area contributed by atoms with Gasteiger partial charge in [-0.2, -0.15) is 0 Å². The molecule has 1 unspecified atom stereocenters. The van der Waals surface area contributed by atoms with Gasteiger partial charge in [0.15, 0.2) is 0 Å². The van der Waals surface area contributed by atoms with E-state index in [9.17, 15) is 9.18 Å². The number of nitrogens with one attached hydrogen (secondary N) is 3. The summed E-state index contributed by atoms with van der Waals surface area (Å²) in [6.07, 6.45) is 1.89. The third kappa shape index (κ3) is 4.14. The fourth-order valence-corrected chi connectivity index (χ4v) is 4.01. The lowest BCUT2D eigenvalue weighted by atomic mass is 9.97. The van der Waals surface area contributed by atoms with Gasteiger partial charge in [0.1, 0.15) is 40.5 Å². The van der Waals surface area contributed by atoms with Crippen molar-refractivity contribution in [3.63, 3.8) is 0 Å². The number of aryl methyl sites for hydroxylation is 1. The van der Waals surface area contributed by atoms with E-state index >= 15 is 0 Å². The monoisotopic (exact) mass is 459 g/mol. The second-order valence-corrected chi connectivity index (χ2v) is 8.05. The molecule has 4 rings (SSSR count). The summed E-state index contributed by atoms with van der Waals surface area (Å²) in [5.74, 6) is 0.695. The summed E-state index contributed by atoms with van der Waals surface area (Å²) in [7, 11) is 1.73. The van der Waals surface area contributed by atoms with Gasteiger partial charge in [0.2, 0.25) is 5.43 Å². The van der Waals surface area contributed by atoms with E-state index in [4.69, 9.17) is 9.83 Å². The number of fused-ring (bicyclic) bond motifs is 1. The summed E-state index contributed by atoms with van der Waals surface area (Å²) < 4.78 is 20.8. The Balaban J connectivity index is 1.92. The number of aromatic nitrogens is 2. The molecule has 4 aromatic rings. The molecule has 2 heterocycles. The molecule has 2 aromatic heterocycles. The molecule has 7 nitrogen and oxygen atoms in total. The minimum Gasteiger partial charge on any atom is -0.458 e. The molecule has 3 N–H and O–H groups in total. The van der Waals surface area contributed by atoms with Crippen LogP contribution in [0.15, 0.2) is 58.0 Å². The van der Waals surface area contributed by atoms with Crippen molar-refractivity contribution in [1.82, 2.24) is 9.97 Å². The minimum atomic E-state index is -0.625. The summed E-state index contributed by atoms with van der Waals surface area (Å²) >= 11 is 0. The van der Waals surface area contributed by atoms with Gasteiger partial charge in [0.05, 0.1) is 17.2 Å². The van der Waals surface area contributed by atoms with Crippen LogP contribution in [0, 0.1) is 18.2 Å². The van der Waals surface area contributed by atoms with Gasteiger partial charge in [-0.1, -0.05) is 42.8 Å². The summed E-state index contributed by atoms with van der Waals surface area (Å²) in [4.78, 5) is 22.1. The molecule has 174 valence electrons. The highest BCUT2D eigenvalue weighted by molar-refractivity contribution is 6.06. The highest BCUT2D eigenvalue weighted by Crippen LogP contribution is 2.33. The first-order valence-corrected chi connectivity index (χ1v) is 11.0. The molecule has 0 aliphatic rings. The zero-order chi connectivity index (χ0) is 24.4. The van der Waals surface area contributed by atoms with E-state index in [1.54, 1.807) is 13.1 Å². The molecular formula is C26H26FN5O2. The van der Waals surface area contributed by atoms with E-state index in [-0.39, 0.29) is 16.5 Å². The van der Waals surface area contributed by atoms with Crippen LogP contribution in [0.3, 0.4) is 0 Å². The van der Waals surface area contributed by atoms with Crippen molar-refractivity contribution >= 4 is 28.3 Å². The number of halogens is 1. The Morgan fingerprint density at radius 3 is 2.62 bits per heavy atom. The van der Waals surface area contributed by atoms with Crippen molar-refractivity contribution in [1.29, 1.82) is 5.41 Å². The lowest BCUT2D eigenvalue weighted by Crippen LogP contribution is -2.18. The van der Waals surface area contributed by atoms with Gasteiger partial charge in [-0.15, -0.1) is 0 Å². The first-order chi connectivity index (χ1) is 16.3. The Kier molecular flexibility index (Phi) is 6.40. The number of anilines is 2. The fraction of sp³-hybridized carbons (Fsp3) is 0.231. The van der Waals surface area contributed by atoms with Crippen LogP contribution in [0.25, 0.3) is 22.1 Å². The normalized spacial score (nSPS) is 11.9. The maximum atomic E-state index is 14.6. The third-order valence-electron chi connectivity index (χ3n) is 5.69. The van der Waals surface area contributed by atoms with E-state index in [2.05, 4.69) is 20.6 Å². The first kappa shape index (κ1) is 23.1. The number of hydrogen-bond acceptors (Lipinski definition) is 7. The maximum Gasteiger partial charge on any atom is 0.203 e. The van der Waals surface area contributed by atoms with Gasteiger partial charge in [0, 0.05) is 12.8 Å². The van der Waals surface area contributed by atoms with E-state index in [1.807, 2.05) is 45.0 Å². The zero-order valence-electron chi connectivity index (χ0n) is 19.5. The molecule has 0 saturated carbocycles. The lowest BCUT2D eigenvalue weighted by molar-refractivity contribution is 0.513. The molecule has 0 amide bonds. The van der Waals surface area contributed by atoms with Crippen molar-refractivity contribution in [2.24, 2.45) is 0 Å². The van der Waals surface area contributed by atoms with Crippen LogP contribution in [-0.2, 0) is 0 Å². The van der Waals surface area contributed by atoms with Crippen molar-refractivity contribution in [2.45, 2.75) is 33.2 Å². The van der Waals surface area contributed by atoms with Crippen LogP contribution in [0.1, 0.15) is 43.2 Å². The van der Waals surface area contributed by atoms with Crippen LogP contribution < -0.4 is 16.1 Å². The predicted molar refractivity (Wildman–Crippen MR) is 133 cm³/mol. The Hall–Kier alpha value is -4.07. The second kappa shape index (κ2) is 9.43. The lowest BCUT2D eigenvalue weighted by Gasteiger charge is -2.20. The standard InChI is InChI=1S/C26H26FN5O2/c1-5-18(28)22-25(29-4)30-13-31-26(22)32-15(3)24-20(16-9-6-8-14(2)12-16)23(33)21-17(27)10-7-11-19(21)34-24/h6-13,15,28H,5H2,1-4H3,(H2,29,30,31,32). The SMILES string of the molecule is CCC(=N)c1c(NC)ncnc1NC(C)c1oc2cccc(F)c2c(=O)c1-c1cccc(C)c1. The Morgan fingerprint density at radius 1 is 1.18 bits per heavy atom. The Morgan fingerprint density at radius 2 is 1.91 bits per heavy atom. The van der Waals surface area contributed by atoms with Crippen LogP contribution in [0.4, 0.5) is 16.0 Å². The molecule has 8 heteroatoms. The number of nitrogens with zero attached hydrogens (tertiary/aromatic N) is 2. The van der Waals surface area contributed by atoms with Gasteiger partial charge in [-0.25, -0.2) is 14.4 Å². The maximum absolute atomic E-state index is 14.6. The molecule has 0 bridgehead atoms. The summed E-state index contributed by atoms with van der Waals surface area (Å²) in [5.41, 5.74) is 2.54. The molecule has 0 spiro atoms. The summed E-state index contributed by atoms with van der Waals surface area (Å²) in [6, 6.07) is 11.3. The zero-order valence-corrected chi connectivity index (χ0v) is 19.5. The number of rotatable bonds is 7. The van der Waals surface area contributed by atoms with Crippen LogP contribution in [-0.4, -0.2) is 22.7 Å². The molecular weight excluding hydrogens is 433 g/mol. The Labute approximate surface area is 196 Å². The number of benzene rings is 2. The van der Waals surface area contributed by atoms with Gasteiger partial charge >= 0.3 is 0 Å². The van der Waals surface area contributed by atoms with Crippen molar-refractivity contribution in [3.05, 3.63) is 81.7 Å². The predicted octanol–water partition coefficient (Wildman–Crippen LogP) is 5.69. The first-order valence-electron chi connectivity index (χ1n) is 11.0. The molecule has 1 atom stereocenters. The van der Waals surface area contributed by atoms with E-state index in [0.29, 0.717) is 40.7 Å². The molecule has 0 aliphatic carbocycles. The highest BCUT2D eigenvalue weighted by Gasteiger charge is 2.24. The van der Waals surface area contributed by atoms with Crippen LogP contribution in [0.5, 0.6) is 0 Å². The molecule has 0 saturated heterocycles. The quantitative estimate of drug-likeness (QED) is 0.307. The largest absolute Gasteiger partial charge is 0.458 e. The van der Waals surface area contributed by atoms with Gasteiger partial charge < -0.3 is 20.5 Å². The fourth-order valence-electron chi connectivity index (χ4n) is 4.01. The Bertz CT molecular complexity index is 1450. The highest BCUT2D eigenvalue weighted by atomic mass is 19.1. The smallest absolute Gasteiger partial charge is 0.203 e. The van der Waals surface area contributed by atoms with Gasteiger partial charge in [0.25, 0.3) is 0 Å².